The zero-order valence-electron chi connectivity index (χ0n) is 15.7. The highest BCUT2D eigenvalue weighted by molar-refractivity contribution is 5.95. The van der Waals surface area contributed by atoms with Crippen LogP contribution in [0.25, 0.3) is 0 Å². The third kappa shape index (κ3) is 3.41. The lowest BCUT2D eigenvalue weighted by atomic mass is 9.72. The van der Waals surface area contributed by atoms with Crippen LogP contribution in [0.1, 0.15) is 34.3 Å². The summed E-state index contributed by atoms with van der Waals surface area (Å²) in [6.07, 6.45) is 2.08. The van der Waals surface area contributed by atoms with Crippen molar-refractivity contribution >= 4 is 17.5 Å². The van der Waals surface area contributed by atoms with Crippen LogP contribution in [0.3, 0.4) is 0 Å². The maximum Gasteiger partial charge on any atom is 0.248 e. The molecule has 1 spiro atoms. The van der Waals surface area contributed by atoms with Gasteiger partial charge in [-0.2, -0.15) is 0 Å². The molecular weight excluding hydrogens is 354 g/mol. The number of piperidine rings is 1. The highest BCUT2D eigenvalue weighted by atomic mass is 16.3. The smallest absolute Gasteiger partial charge is 0.248 e. The van der Waals surface area contributed by atoms with Crippen LogP contribution >= 0.6 is 0 Å². The van der Waals surface area contributed by atoms with E-state index >= 15 is 0 Å². The first-order chi connectivity index (χ1) is 13.5. The lowest BCUT2D eigenvalue weighted by molar-refractivity contribution is -0.117. The maximum absolute atomic E-state index is 12.4. The van der Waals surface area contributed by atoms with Gasteiger partial charge in [0.05, 0.1) is 12.6 Å². The molecule has 2 amide bonds. The normalized spacial score (nSPS) is 20.7. The van der Waals surface area contributed by atoms with Gasteiger partial charge in [0, 0.05) is 16.7 Å². The zero-order valence-corrected chi connectivity index (χ0v) is 15.7. The van der Waals surface area contributed by atoms with E-state index in [4.69, 9.17) is 5.73 Å². The molecule has 1 aliphatic heterocycles. The predicted molar refractivity (Wildman–Crippen MR) is 107 cm³/mol. The Hall–Kier alpha value is -2.70. The molecule has 1 saturated heterocycles. The van der Waals surface area contributed by atoms with Crippen molar-refractivity contribution in [2.24, 2.45) is 5.73 Å². The average molecular weight is 379 g/mol. The first-order valence-electron chi connectivity index (χ1n) is 9.66. The van der Waals surface area contributed by atoms with Gasteiger partial charge >= 0.3 is 0 Å². The first-order valence-corrected chi connectivity index (χ1v) is 9.66. The predicted octanol–water partition coefficient (Wildman–Crippen LogP) is 1.67. The number of anilines is 1. The van der Waals surface area contributed by atoms with Crippen LogP contribution in [0.4, 0.5) is 5.69 Å². The summed E-state index contributed by atoms with van der Waals surface area (Å²) in [6.45, 7) is 1.87. The third-order valence-corrected chi connectivity index (χ3v) is 6.17. The van der Waals surface area contributed by atoms with Crippen LogP contribution in [0, 0.1) is 0 Å². The van der Waals surface area contributed by atoms with E-state index in [0.717, 1.165) is 32.4 Å². The molecule has 4 rings (SSSR count). The number of aliphatic hydroxyl groups is 1. The number of benzene rings is 2. The molecule has 2 aromatic carbocycles. The number of aliphatic hydroxyl groups excluding tert-OH is 1. The summed E-state index contributed by atoms with van der Waals surface area (Å²) in [7, 11) is 0. The Morgan fingerprint density at radius 2 is 1.79 bits per heavy atom. The molecule has 4 N–H and O–H groups in total. The van der Waals surface area contributed by atoms with Crippen LogP contribution in [0.15, 0.2) is 48.5 Å². The number of rotatable bonds is 4. The Bertz CT molecular complexity index is 886. The van der Waals surface area contributed by atoms with Gasteiger partial charge in [-0.05, 0) is 67.7 Å². The Morgan fingerprint density at radius 3 is 2.46 bits per heavy atom. The Labute approximate surface area is 164 Å². The molecule has 1 heterocycles. The van der Waals surface area contributed by atoms with Crippen molar-refractivity contribution in [3.05, 3.63) is 65.2 Å². The van der Waals surface area contributed by atoms with Crippen molar-refractivity contribution in [1.29, 1.82) is 0 Å². The monoisotopic (exact) mass is 379 g/mol. The van der Waals surface area contributed by atoms with Gasteiger partial charge in [0.25, 0.3) is 0 Å². The van der Waals surface area contributed by atoms with Crippen molar-refractivity contribution in [1.82, 2.24) is 4.90 Å². The highest BCUT2D eigenvalue weighted by Crippen LogP contribution is 2.46. The average Bonchev–Trinajstić information content (AvgIpc) is 2.96. The summed E-state index contributed by atoms with van der Waals surface area (Å²) in [4.78, 5) is 25.6. The minimum atomic E-state index is -0.490. The molecule has 2 aliphatic rings. The van der Waals surface area contributed by atoms with Crippen molar-refractivity contribution < 1.29 is 14.7 Å². The molecule has 0 aromatic heterocycles. The number of hydrogen-bond acceptors (Lipinski definition) is 4. The van der Waals surface area contributed by atoms with E-state index in [1.807, 2.05) is 12.1 Å². The number of hydrogen-bond donors (Lipinski definition) is 3. The molecule has 6 nitrogen and oxygen atoms in total. The number of nitrogens with two attached hydrogens (primary N) is 1. The first kappa shape index (κ1) is 18.7. The van der Waals surface area contributed by atoms with Gasteiger partial charge in [-0.1, -0.05) is 24.3 Å². The number of carbonyl (C=O) groups is 2. The third-order valence-electron chi connectivity index (χ3n) is 6.17. The van der Waals surface area contributed by atoms with Crippen LogP contribution in [0.5, 0.6) is 0 Å². The second-order valence-electron chi connectivity index (χ2n) is 7.80. The lowest BCUT2D eigenvalue weighted by Crippen LogP contribution is -2.49. The number of fused-ring (bicyclic) bond motifs is 2. The molecule has 0 saturated carbocycles. The van der Waals surface area contributed by atoms with Crippen molar-refractivity contribution in [3.8, 4) is 0 Å². The van der Waals surface area contributed by atoms with Crippen molar-refractivity contribution in [2.45, 2.75) is 30.8 Å². The van der Waals surface area contributed by atoms with E-state index in [2.05, 4.69) is 22.3 Å². The van der Waals surface area contributed by atoms with Crippen molar-refractivity contribution in [2.75, 3.05) is 25.0 Å². The van der Waals surface area contributed by atoms with E-state index in [-0.39, 0.29) is 17.4 Å². The topological polar surface area (TPSA) is 95.7 Å². The van der Waals surface area contributed by atoms with Crippen molar-refractivity contribution in [3.63, 3.8) is 0 Å². The molecule has 6 heteroatoms. The molecule has 0 radical (unpaired) electrons. The molecule has 28 heavy (non-hydrogen) atoms. The van der Waals surface area contributed by atoms with Crippen LogP contribution in [-0.4, -0.2) is 47.6 Å². The van der Waals surface area contributed by atoms with E-state index in [1.165, 1.54) is 11.1 Å². The molecule has 1 aliphatic carbocycles. The van der Waals surface area contributed by atoms with E-state index in [9.17, 15) is 14.7 Å². The molecule has 1 fully saturated rings. The number of carbonyl (C=O) groups excluding carboxylic acids is 2. The summed E-state index contributed by atoms with van der Waals surface area (Å²) in [5, 5.41) is 13.6. The summed E-state index contributed by atoms with van der Waals surface area (Å²) < 4.78 is 0. The van der Waals surface area contributed by atoms with Crippen LogP contribution in [-0.2, 0) is 16.6 Å². The van der Waals surface area contributed by atoms with Gasteiger partial charge in [0.1, 0.15) is 0 Å². The Balaban J connectivity index is 1.34. The summed E-state index contributed by atoms with van der Waals surface area (Å²) in [6, 6.07) is 14.9. The van der Waals surface area contributed by atoms with Gasteiger partial charge in [-0.3, -0.25) is 14.5 Å². The van der Waals surface area contributed by atoms with Gasteiger partial charge < -0.3 is 16.2 Å². The zero-order chi connectivity index (χ0) is 19.7. The molecule has 0 bridgehead atoms. The fourth-order valence-electron chi connectivity index (χ4n) is 4.60. The minimum Gasteiger partial charge on any atom is -0.392 e. The van der Waals surface area contributed by atoms with Gasteiger partial charge in [-0.15, -0.1) is 0 Å². The molecule has 0 unspecified atom stereocenters. The Kier molecular flexibility index (Phi) is 4.91. The molecular formula is C22H25N3O3. The number of primary amides is 1. The van der Waals surface area contributed by atoms with Gasteiger partial charge in [-0.25, -0.2) is 0 Å². The molecule has 2 aromatic rings. The molecule has 1 atom stereocenters. The quantitative estimate of drug-likeness (QED) is 0.753. The van der Waals surface area contributed by atoms with E-state index in [1.54, 1.807) is 24.3 Å². The van der Waals surface area contributed by atoms with Crippen LogP contribution < -0.4 is 11.1 Å². The van der Waals surface area contributed by atoms with E-state index < -0.39 is 5.91 Å². The highest BCUT2D eigenvalue weighted by Gasteiger charge is 2.47. The number of amides is 2. The molecule has 146 valence electrons. The minimum absolute atomic E-state index is 0.0878. The summed E-state index contributed by atoms with van der Waals surface area (Å²) >= 11 is 0. The Morgan fingerprint density at radius 1 is 1.11 bits per heavy atom. The fraction of sp³-hybridized carbons (Fsp3) is 0.364. The second-order valence-corrected chi connectivity index (χ2v) is 7.80. The standard InChI is InChI=1S/C22H25N3O3/c23-21(28)15-5-7-17(8-6-15)24-20(27)14-25-11-9-22(10-12-25)18-4-2-1-3-16(18)13-19(22)26/h1-8,19,26H,9-14H2,(H2,23,28)(H,24,27)/t19-/m1/s1. The number of nitrogens with zero attached hydrogens (tertiary/aromatic N) is 1. The van der Waals surface area contributed by atoms with E-state index in [0.29, 0.717) is 17.8 Å². The lowest BCUT2D eigenvalue weighted by Gasteiger charge is -2.42. The summed E-state index contributed by atoms with van der Waals surface area (Å²) in [5.74, 6) is -0.578. The fourth-order valence-corrected chi connectivity index (χ4v) is 4.60. The number of nitrogens with one attached hydrogen (secondary N) is 1. The second kappa shape index (κ2) is 7.37. The van der Waals surface area contributed by atoms with Gasteiger partial charge in [0.15, 0.2) is 0 Å². The van der Waals surface area contributed by atoms with Crippen LogP contribution in [0.2, 0.25) is 0 Å². The van der Waals surface area contributed by atoms with Gasteiger partial charge in [0.2, 0.25) is 11.8 Å². The number of likely N-dealkylation sites (tertiary alicyclic amines) is 1. The summed E-state index contributed by atoms with van der Waals surface area (Å²) in [5.41, 5.74) is 8.64. The SMILES string of the molecule is NC(=O)c1ccc(NC(=O)CN2CCC3(CC2)c2ccccc2C[C@H]3O)cc1. The maximum atomic E-state index is 12.4. The largest absolute Gasteiger partial charge is 0.392 e.